The highest BCUT2D eigenvalue weighted by Crippen LogP contribution is 2.29. The molecule has 2 fully saturated rings. The SMILES string of the molecule is C=C[C@@H]1CNC[C@H]1CN1CCC(c2ccc(F)cc2)CC1. The standard InChI is InChI=1S/C18H25FN2/c1-2-14-11-20-12-17(14)13-21-9-7-16(8-10-21)15-3-5-18(19)6-4-15/h2-6,14,16-17,20H,1,7-13H2/t14-,17+/m1/s1. The summed E-state index contributed by atoms with van der Waals surface area (Å²) >= 11 is 0. The first-order valence-corrected chi connectivity index (χ1v) is 8.07. The van der Waals surface area contributed by atoms with Crippen molar-refractivity contribution in [1.82, 2.24) is 10.2 Å². The summed E-state index contributed by atoms with van der Waals surface area (Å²) in [7, 11) is 0. The maximum atomic E-state index is 13.0. The minimum atomic E-state index is -0.139. The summed E-state index contributed by atoms with van der Waals surface area (Å²) in [6.45, 7) is 9.65. The van der Waals surface area contributed by atoms with Gasteiger partial charge in [0.2, 0.25) is 0 Å². The van der Waals surface area contributed by atoms with E-state index in [1.807, 2.05) is 12.1 Å². The summed E-state index contributed by atoms with van der Waals surface area (Å²) in [5.74, 6) is 1.80. The molecule has 0 bridgehead atoms. The Balaban J connectivity index is 1.51. The van der Waals surface area contributed by atoms with Gasteiger partial charge in [-0.2, -0.15) is 0 Å². The summed E-state index contributed by atoms with van der Waals surface area (Å²) in [6, 6.07) is 7.07. The fraction of sp³-hybridized carbons (Fsp3) is 0.556. The van der Waals surface area contributed by atoms with E-state index in [0.29, 0.717) is 17.8 Å². The molecule has 1 aromatic rings. The van der Waals surface area contributed by atoms with Crippen LogP contribution in [0.5, 0.6) is 0 Å². The fourth-order valence-electron chi connectivity index (χ4n) is 3.74. The normalized spacial score (nSPS) is 27.9. The molecule has 2 atom stereocenters. The molecular formula is C18H25FN2. The van der Waals surface area contributed by atoms with E-state index >= 15 is 0 Å². The highest BCUT2D eigenvalue weighted by Gasteiger charge is 2.28. The molecule has 2 aliphatic heterocycles. The zero-order chi connectivity index (χ0) is 14.7. The number of halogens is 1. The van der Waals surface area contributed by atoms with Gasteiger partial charge in [-0.15, -0.1) is 6.58 Å². The Hall–Kier alpha value is -1.19. The quantitative estimate of drug-likeness (QED) is 0.857. The number of likely N-dealkylation sites (tertiary alicyclic amines) is 1. The fourth-order valence-corrected chi connectivity index (χ4v) is 3.74. The van der Waals surface area contributed by atoms with Gasteiger partial charge in [0, 0.05) is 13.1 Å². The van der Waals surface area contributed by atoms with Gasteiger partial charge in [0.25, 0.3) is 0 Å². The molecule has 2 aliphatic rings. The smallest absolute Gasteiger partial charge is 0.123 e. The van der Waals surface area contributed by atoms with Gasteiger partial charge >= 0.3 is 0 Å². The maximum Gasteiger partial charge on any atom is 0.123 e. The number of nitrogens with one attached hydrogen (secondary N) is 1. The van der Waals surface area contributed by atoms with E-state index in [-0.39, 0.29) is 5.82 Å². The van der Waals surface area contributed by atoms with Gasteiger partial charge < -0.3 is 10.2 Å². The van der Waals surface area contributed by atoms with E-state index in [4.69, 9.17) is 0 Å². The summed E-state index contributed by atoms with van der Waals surface area (Å²) in [6.07, 6.45) is 4.48. The van der Waals surface area contributed by atoms with Crippen LogP contribution in [0.4, 0.5) is 4.39 Å². The predicted octanol–water partition coefficient (Wildman–Crippen LogP) is 3.03. The molecule has 2 saturated heterocycles. The number of benzene rings is 1. The Kier molecular flexibility index (Phi) is 4.71. The molecule has 0 aliphatic carbocycles. The van der Waals surface area contributed by atoms with E-state index in [2.05, 4.69) is 22.9 Å². The minimum Gasteiger partial charge on any atom is -0.316 e. The van der Waals surface area contributed by atoms with Gasteiger partial charge in [-0.1, -0.05) is 18.2 Å². The highest BCUT2D eigenvalue weighted by atomic mass is 19.1. The van der Waals surface area contributed by atoms with E-state index in [9.17, 15) is 4.39 Å². The summed E-state index contributed by atoms with van der Waals surface area (Å²) in [5.41, 5.74) is 1.29. The number of rotatable bonds is 4. The van der Waals surface area contributed by atoms with E-state index in [1.165, 1.54) is 24.9 Å². The van der Waals surface area contributed by atoms with Crippen LogP contribution in [0.25, 0.3) is 0 Å². The van der Waals surface area contributed by atoms with Gasteiger partial charge in [0.15, 0.2) is 0 Å². The third-order valence-corrected chi connectivity index (χ3v) is 5.12. The molecule has 0 spiro atoms. The third-order valence-electron chi connectivity index (χ3n) is 5.12. The van der Waals surface area contributed by atoms with Crippen molar-refractivity contribution in [1.29, 1.82) is 0 Å². The van der Waals surface area contributed by atoms with Crippen LogP contribution < -0.4 is 5.32 Å². The monoisotopic (exact) mass is 288 g/mol. The van der Waals surface area contributed by atoms with E-state index < -0.39 is 0 Å². The van der Waals surface area contributed by atoms with Crippen molar-refractivity contribution in [2.45, 2.75) is 18.8 Å². The summed E-state index contributed by atoms with van der Waals surface area (Å²) in [4.78, 5) is 2.59. The number of hydrogen-bond donors (Lipinski definition) is 1. The lowest BCUT2D eigenvalue weighted by Gasteiger charge is -2.34. The van der Waals surface area contributed by atoms with Gasteiger partial charge in [0.1, 0.15) is 5.82 Å². The zero-order valence-corrected chi connectivity index (χ0v) is 12.6. The molecule has 3 heteroatoms. The van der Waals surface area contributed by atoms with Crippen molar-refractivity contribution in [2.24, 2.45) is 11.8 Å². The Morgan fingerprint density at radius 3 is 2.57 bits per heavy atom. The largest absolute Gasteiger partial charge is 0.316 e. The molecule has 0 saturated carbocycles. The van der Waals surface area contributed by atoms with Crippen LogP contribution >= 0.6 is 0 Å². The van der Waals surface area contributed by atoms with Crippen LogP contribution in [-0.4, -0.2) is 37.6 Å². The first kappa shape index (κ1) is 14.7. The molecule has 114 valence electrons. The second-order valence-corrected chi connectivity index (χ2v) is 6.44. The van der Waals surface area contributed by atoms with Crippen molar-refractivity contribution < 1.29 is 4.39 Å². The first-order valence-electron chi connectivity index (χ1n) is 8.07. The Labute approximate surface area is 127 Å². The number of nitrogens with zero attached hydrogens (tertiary/aromatic N) is 1. The average Bonchev–Trinajstić information content (AvgIpc) is 2.96. The van der Waals surface area contributed by atoms with Crippen molar-refractivity contribution in [2.75, 3.05) is 32.7 Å². The zero-order valence-electron chi connectivity index (χ0n) is 12.6. The van der Waals surface area contributed by atoms with Crippen LogP contribution in [0.15, 0.2) is 36.9 Å². The Bertz CT molecular complexity index is 463. The Morgan fingerprint density at radius 2 is 1.90 bits per heavy atom. The Morgan fingerprint density at radius 1 is 1.19 bits per heavy atom. The predicted molar refractivity (Wildman–Crippen MR) is 84.9 cm³/mol. The molecule has 0 amide bonds. The topological polar surface area (TPSA) is 15.3 Å². The van der Waals surface area contributed by atoms with Crippen LogP contribution in [0.3, 0.4) is 0 Å². The van der Waals surface area contributed by atoms with Crippen LogP contribution in [-0.2, 0) is 0 Å². The third kappa shape index (κ3) is 3.53. The van der Waals surface area contributed by atoms with Crippen LogP contribution in [0.2, 0.25) is 0 Å². The second-order valence-electron chi connectivity index (χ2n) is 6.44. The van der Waals surface area contributed by atoms with Crippen molar-refractivity contribution >= 4 is 0 Å². The number of hydrogen-bond acceptors (Lipinski definition) is 2. The maximum absolute atomic E-state index is 13.0. The van der Waals surface area contributed by atoms with Crippen molar-refractivity contribution in [3.05, 3.63) is 48.3 Å². The lowest BCUT2D eigenvalue weighted by atomic mass is 9.88. The van der Waals surface area contributed by atoms with E-state index in [1.54, 1.807) is 12.1 Å². The second kappa shape index (κ2) is 6.71. The molecular weight excluding hydrogens is 263 g/mol. The van der Waals surface area contributed by atoms with Crippen molar-refractivity contribution in [3.63, 3.8) is 0 Å². The van der Waals surface area contributed by atoms with Gasteiger partial charge in [-0.05, 0) is 67.9 Å². The summed E-state index contributed by atoms with van der Waals surface area (Å²) < 4.78 is 13.0. The van der Waals surface area contributed by atoms with Gasteiger partial charge in [0.05, 0.1) is 0 Å². The van der Waals surface area contributed by atoms with Crippen molar-refractivity contribution in [3.8, 4) is 0 Å². The highest BCUT2D eigenvalue weighted by molar-refractivity contribution is 5.21. The van der Waals surface area contributed by atoms with E-state index in [0.717, 1.165) is 26.2 Å². The van der Waals surface area contributed by atoms with Crippen LogP contribution in [0, 0.1) is 17.7 Å². The average molecular weight is 288 g/mol. The molecule has 1 aromatic carbocycles. The molecule has 1 N–H and O–H groups in total. The molecule has 0 unspecified atom stereocenters. The van der Waals surface area contributed by atoms with Crippen LogP contribution in [0.1, 0.15) is 24.3 Å². The molecule has 2 heterocycles. The number of piperidine rings is 1. The molecule has 21 heavy (non-hydrogen) atoms. The summed E-state index contributed by atoms with van der Waals surface area (Å²) in [5, 5.41) is 3.47. The molecule has 0 aromatic heterocycles. The lowest BCUT2D eigenvalue weighted by Crippen LogP contribution is -2.38. The first-order chi connectivity index (χ1) is 10.3. The van der Waals surface area contributed by atoms with Gasteiger partial charge in [-0.3, -0.25) is 0 Å². The molecule has 2 nitrogen and oxygen atoms in total. The van der Waals surface area contributed by atoms with Gasteiger partial charge in [-0.25, -0.2) is 4.39 Å². The lowest BCUT2D eigenvalue weighted by molar-refractivity contribution is 0.179. The molecule has 3 rings (SSSR count). The minimum absolute atomic E-state index is 0.139. The molecule has 0 radical (unpaired) electrons.